The number of rotatable bonds is 7. The lowest BCUT2D eigenvalue weighted by Crippen LogP contribution is -2.47. The molecule has 2 aromatic rings. The maximum Gasteiger partial charge on any atom is 0.328 e. The fourth-order valence-corrected chi connectivity index (χ4v) is 5.63. The van der Waals surface area contributed by atoms with Gasteiger partial charge >= 0.3 is 5.97 Å². The van der Waals surface area contributed by atoms with Crippen LogP contribution in [0, 0.1) is 5.41 Å². The quantitative estimate of drug-likeness (QED) is 0.602. The summed E-state index contributed by atoms with van der Waals surface area (Å²) in [6.07, 6.45) is 11.5. The zero-order valence-electron chi connectivity index (χ0n) is 18.4. The molecular formula is C25H31N3O4. The molecule has 6 rings (SSSR count). The first-order chi connectivity index (χ1) is 15.6. The number of aromatic nitrogens is 2. The number of carboxylic acid groups (broad SMARTS) is 1. The van der Waals surface area contributed by atoms with Crippen LogP contribution in [0.5, 0.6) is 0 Å². The predicted molar refractivity (Wildman–Crippen MR) is 121 cm³/mol. The number of fused-ring (bicyclic) bond motifs is 3. The Bertz CT molecular complexity index is 968. The maximum absolute atomic E-state index is 10.8. The summed E-state index contributed by atoms with van der Waals surface area (Å²) >= 11 is 0. The van der Waals surface area contributed by atoms with E-state index in [-0.39, 0.29) is 5.41 Å². The number of anilines is 1. The van der Waals surface area contributed by atoms with Crippen molar-refractivity contribution in [3.63, 3.8) is 0 Å². The van der Waals surface area contributed by atoms with Gasteiger partial charge in [0.25, 0.3) is 0 Å². The molecule has 2 N–H and O–H groups in total. The molecule has 32 heavy (non-hydrogen) atoms. The van der Waals surface area contributed by atoms with Gasteiger partial charge in [-0.2, -0.15) is 4.98 Å². The summed E-state index contributed by atoms with van der Waals surface area (Å²) in [6, 6.07) is 7.92. The molecule has 3 saturated carbocycles. The van der Waals surface area contributed by atoms with Crippen LogP contribution in [0.1, 0.15) is 74.6 Å². The van der Waals surface area contributed by atoms with E-state index in [1.165, 1.54) is 6.08 Å². The van der Waals surface area contributed by atoms with Crippen LogP contribution in [0.4, 0.5) is 5.69 Å². The maximum atomic E-state index is 10.8. The smallest absolute Gasteiger partial charge is 0.328 e. The van der Waals surface area contributed by atoms with Crippen molar-refractivity contribution in [3.05, 3.63) is 47.6 Å². The Kier molecular flexibility index (Phi) is 5.76. The first kappa shape index (κ1) is 21.2. The molecule has 0 spiro atoms. The Labute approximate surface area is 188 Å². The Morgan fingerprint density at radius 2 is 1.91 bits per heavy atom. The summed E-state index contributed by atoms with van der Waals surface area (Å²) in [7, 11) is 0. The molecule has 3 aliphatic carbocycles. The fraction of sp³-hybridized carbons (Fsp3) is 0.560. The number of ether oxygens (including phenoxy) is 1. The number of carbonyl (C=O) groups is 1. The van der Waals surface area contributed by atoms with Gasteiger partial charge in [-0.3, -0.25) is 0 Å². The van der Waals surface area contributed by atoms with Gasteiger partial charge in [0.15, 0.2) is 5.82 Å². The minimum absolute atomic E-state index is 0.0553. The van der Waals surface area contributed by atoms with Crippen molar-refractivity contribution >= 4 is 17.7 Å². The molecule has 0 amide bonds. The number of carboxylic acids is 1. The number of hydrogen-bond donors (Lipinski definition) is 2. The van der Waals surface area contributed by atoms with E-state index >= 15 is 0 Å². The second-order valence-electron chi connectivity index (χ2n) is 9.78. The van der Waals surface area contributed by atoms with E-state index in [0.29, 0.717) is 11.3 Å². The summed E-state index contributed by atoms with van der Waals surface area (Å²) in [5, 5.41) is 16.8. The Morgan fingerprint density at radius 1 is 1.16 bits per heavy atom. The van der Waals surface area contributed by atoms with Crippen LogP contribution in [0.15, 0.2) is 34.9 Å². The van der Waals surface area contributed by atoms with Crippen LogP contribution in [0.3, 0.4) is 0 Å². The molecule has 4 fully saturated rings. The number of hydrogen-bond acceptors (Lipinski definition) is 6. The van der Waals surface area contributed by atoms with Gasteiger partial charge in [-0.15, -0.1) is 0 Å². The van der Waals surface area contributed by atoms with E-state index in [0.717, 1.165) is 94.1 Å². The number of aliphatic carboxylic acids is 1. The zero-order valence-corrected chi connectivity index (χ0v) is 18.4. The monoisotopic (exact) mass is 437 g/mol. The van der Waals surface area contributed by atoms with Crippen molar-refractivity contribution in [1.82, 2.24) is 10.1 Å². The van der Waals surface area contributed by atoms with Gasteiger partial charge in [-0.1, -0.05) is 17.3 Å². The summed E-state index contributed by atoms with van der Waals surface area (Å²) in [5.74, 6) is 1.17. The summed E-state index contributed by atoms with van der Waals surface area (Å²) in [6.45, 7) is 2.51. The second kappa shape index (κ2) is 8.70. The molecule has 1 saturated heterocycles. The lowest BCUT2D eigenvalue weighted by atomic mass is 9.53. The van der Waals surface area contributed by atoms with E-state index in [9.17, 15) is 4.79 Å². The van der Waals surface area contributed by atoms with E-state index in [4.69, 9.17) is 19.4 Å². The van der Waals surface area contributed by atoms with Crippen molar-refractivity contribution in [2.45, 2.75) is 62.7 Å². The van der Waals surface area contributed by atoms with E-state index in [1.807, 2.05) is 24.3 Å². The lowest BCUT2D eigenvalue weighted by molar-refractivity contribution is -0.131. The number of nitrogens with one attached hydrogen (secondary N) is 1. The third kappa shape index (κ3) is 4.31. The van der Waals surface area contributed by atoms with Gasteiger partial charge in [-0.05, 0) is 80.6 Å². The molecule has 2 heterocycles. The molecule has 1 aromatic carbocycles. The highest BCUT2D eigenvalue weighted by Crippen LogP contribution is 2.57. The molecule has 1 aliphatic heterocycles. The first-order valence-electron chi connectivity index (χ1n) is 11.7. The first-order valence-corrected chi connectivity index (χ1v) is 11.7. The van der Waals surface area contributed by atoms with Crippen LogP contribution in [-0.4, -0.2) is 41.0 Å². The van der Waals surface area contributed by atoms with Gasteiger partial charge in [0, 0.05) is 42.9 Å². The van der Waals surface area contributed by atoms with Crippen LogP contribution in [0.25, 0.3) is 6.08 Å². The average molecular weight is 438 g/mol. The van der Waals surface area contributed by atoms with Crippen molar-refractivity contribution in [2.75, 3.05) is 25.1 Å². The molecule has 7 nitrogen and oxygen atoms in total. The minimum Gasteiger partial charge on any atom is -0.478 e. The second-order valence-corrected chi connectivity index (χ2v) is 9.78. The third-order valence-electron chi connectivity index (χ3n) is 7.86. The highest BCUT2D eigenvalue weighted by molar-refractivity contribution is 5.85. The summed E-state index contributed by atoms with van der Waals surface area (Å²) in [4.78, 5) is 15.6. The molecular weight excluding hydrogens is 406 g/mol. The average Bonchev–Trinajstić information content (AvgIpc) is 3.35. The molecule has 0 atom stereocenters. The van der Waals surface area contributed by atoms with Gasteiger partial charge in [0.1, 0.15) is 0 Å². The van der Waals surface area contributed by atoms with Crippen molar-refractivity contribution in [2.24, 2.45) is 5.41 Å². The molecule has 170 valence electrons. The summed E-state index contributed by atoms with van der Waals surface area (Å²) in [5.41, 5.74) is 2.28. The van der Waals surface area contributed by atoms with Crippen molar-refractivity contribution in [3.8, 4) is 0 Å². The van der Waals surface area contributed by atoms with E-state index in [1.54, 1.807) is 6.08 Å². The molecule has 7 heteroatoms. The zero-order chi connectivity index (χ0) is 22.0. The van der Waals surface area contributed by atoms with E-state index in [2.05, 4.69) is 10.5 Å². The largest absolute Gasteiger partial charge is 0.478 e. The fourth-order valence-electron chi connectivity index (χ4n) is 5.63. The number of nitrogens with zero attached hydrogens (tertiary/aromatic N) is 2. The highest BCUT2D eigenvalue weighted by Gasteiger charge is 2.52. The van der Waals surface area contributed by atoms with Crippen LogP contribution >= 0.6 is 0 Å². The predicted octanol–water partition coefficient (Wildman–Crippen LogP) is 4.77. The Morgan fingerprint density at radius 3 is 2.62 bits per heavy atom. The van der Waals surface area contributed by atoms with Crippen LogP contribution < -0.4 is 5.32 Å². The topological polar surface area (TPSA) is 97.5 Å². The standard InChI is InChI=1S/C25H31N3O4/c29-21(30)5-4-18-2-1-3-20(16-18)26-17-24-8-11-25(12-9-24,13-10-24)23-27-22(28-32-23)19-6-14-31-15-7-19/h1-5,16,19,26H,6-15,17H2,(H,29,30)/b5-4+. The molecule has 0 unspecified atom stereocenters. The Hall–Kier alpha value is -2.67. The van der Waals surface area contributed by atoms with Gasteiger partial charge in [0.2, 0.25) is 5.89 Å². The number of benzene rings is 1. The van der Waals surface area contributed by atoms with Gasteiger partial charge < -0.3 is 19.7 Å². The molecule has 4 aliphatic rings. The lowest BCUT2D eigenvalue weighted by Gasteiger charge is -2.52. The van der Waals surface area contributed by atoms with Crippen LogP contribution in [0.2, 0.25) is 0 Å². The molecule has 0 radical (unpaired) electrons. The van der Waals surface area contributed by atoms with Crippen LogP contribution in [-0.2, 0) is 14.9 Å². The van der Waals surface area contributed by atoms with Gasteiger partial charge in [0.05, 0.1) is 0 Å². The highest BCUT2D eigenvalue weighted by atomic mass is 16.5. The van der Waals surface area contributed by atoms with E-state index < -0.39 is 5.97 Å². The van der Waals surface area contributed by atoms with Crippen molar-refractivity contribution < 1.29 is 19.2 Å². The minimum atomic E-state index is -0.934. The molecule has 2 bridgehead atoms. The Balaban J connectivity index is 1.20. The SMILES string of the molecule is O=C(O)/C=C/c1cccc(NCC23CCC(c4nc(C5CCOCC5)no4)(CC2)CC3)c1. The van der Waals surface area contributed by atoms with Gasteiger partial charge in [-0.25, -0.2) is 4.79 Å². The normalized spacial score (nSPS) is 28.2. The summed E-state index contributed by atoms with van der Waals surface area (Å²) < 4.78 is 11.3. The third-order valence-corrected chi connectivity index (χ3v) is 7.86. The molecule has 1 aromatic heterocycles. The van der Waals surface area contributed by atoms with Crippen molar-refractivity contribution in [1.29, 1.82) is 0 Å².